The zero-order valence-electron chi connectivity index (χ0n) is 16.2. The molecule has 0 unspecified atom stereocenters. The van der Waals surface area contributed by atoms with Gasteiger partial charge in [0, 0.05) is 40.6 Å². The van der Waals surface area contributed by atoms with Crippen molar-refractivity contribution in [3.63, 3.8) is 0 Å². The van der Waals surface area contributed by atoms with Crippen molar-refractivity contribution in [1.82, 2.24) is 9.29 Å². The smallest absolute Gasteiger partial charge is 0.208 e. The molecule has 0 atom stereocenters. The van der Waals surface area contributed by atoms with E-state index < -0.39 is 15.8 Å². The van der Waals surface area contributed by atoms with E-state index in [1.807, 2.05) is 24.3 Å². The van der Waals surface area contributed by atoms with Gasteiger partial charge in [0.05, 0.1) is 11.8 Å². The lowest BCUT2D eigenvalue weighted by molar-refractivity contribution is 0.0993. The van der Waals surface area contributed by atoms with E-state index in [1.165, 1.54) is 6.07 Å². The molecule has 0 radical (unpaired) electrons. The summed E-state index contributed by atoms with van der Waals surface area (Å²) in [5.74, 6) is -0.486. The van der Waals surface area contributed by atoms with E-state index in [0.717, 1.165) is 16.3 Å². The van der Waals surface area contributed by atoms with Gasteiger partial charge in [-0.3, -0.25) is 4.79 Å². The molecule has 29 heavy (non-hydrogen) atoms. The molecule has 1 heterocycles. The van der Waals surface area contributed by atoms with Crippen LogP contribution >= 0.6 is 15.9 Å². The Kier molecular flexibility index (Phi) is 6.55. The maximum Gasteiger partial charge on any atom is 0.208 e. The summed E-state index contributed by atoms with van der Waals surface area (Å²) in [6, 6.07) is 12.2. The van der Waals surface area contributed by atoms with Crippen molar-refractivity contribution < 1.29 is 17.6 Å². The average Bonchev–Trinajstić information content (AvgIpc) is 2.93. The van der Waals surface area contributed by atoms with Crippen LogP contribution in [0.4, 0.5) is 4.39 Å². The molecule has 0 fully saturated rings. The number of carbonyl (C=O) groups is 1. The maximum atomic E-state index is 14.6. The van der Waals surface area contributed by atoms with Crippen LogP contribution in [0.1, 0.15) is 28.0 Å². The number of halogens is 2. The second-order valence-corrected chi connectivity index (χ2v) is 9.65. The highest BCUT2D eigenvalue weighted by molar-refractivity contribution is 9.10. The number of aromatic nitrogens is 1. The number of Topliss-reactive ketones (excluding diaryl/α,β-unsaturated/α-hetero) is 1. The van der Waals surface area contributed by atoms with E-state index in [9.17, 15) is 17.6 Å². The molecule has 2 aromatic carbocycles. The molecule has 3 rings (SSSR count). The van der Waals surface area contributed by atoms with Crippen LogP contribution in [0, 0.1) is 12.7 Å². The fourth-order valence-electron chi connectivity index (χ4n) is 3.52. The normalized spacial score (nSPS) is 11.9. The lowest BCUT2D eigenvalue weighted by Crippen LogP contribution is -2.24. The molecular formula is C21H22BrFN2O3S. The lowest BCUT2D eigenvalue weighted by Gasteiger charge is -2.10. The van der Waals surface area contributed by atoms with Crippen LogP contribution in [-0.2, 0) is 23.0 Å². The number of ketones is 1. The lowest BCUT2D eigenvalue weighted by atomic mass is 10.0. The zero-order valence-corrected chi connectivity index (χ0v) is 18.6. The van der Waals surface area contributed by atoms with Gasteiger partial charge in [0.25, 0.3) is 0 Å². The van der Waals surface area contributed by atoms with Gasteiger partial charge in [0.1, 0.15) is 5.82 Å². The molecule has 0 spiro atoms. The van der Waals surface area contributed by atoms with Gasteiger partial charge in [0.15, 0.2) is 5.78 Å². The summed E-state index contributed by atoms with van der Waals surface area (Å²) in [5.41, 5.74) is 2.43. The first-order valence-electron chi connectivity index (χ1n) is 9.17. The first-order valence-corrected chi connectivity index (χ1v) is 11.9. The number of para-hydroxylation sites is 1. The van der Waals surface area contributed by atoms with E-state index in [2.05, 4.69) is 20.7 Å². The van der Waals surface area contributed by atoms with E-state index >= 15 is 0 Å². The molecule has 8 heteroatoms. The largest absolute Gasteiger partial charge is 0.342 e. The van der Waals surface area contributed by atoms with Crippen LogP contribution < -0.4 is 4.72 Å². The van der Waals surface area contributed by atoms with E-state index in [-0.39, 0.29) is 18.7 Å². The average molecular weight is 481 g/mol. The second kappa shape index (κ2) is 8.77. The summed E-state index contributed by atoms with van der Waals surface area (Å²) in [7, 11) is -3.28. The molecule has 5 nitrogen and oxygen atoms in total. The molecule has 3 aromatic rings. The molecule has 0 bridgehead atoms. The Morgan fingerprint density at radius 2 is 1.90 bits per heavy atom. The molecule has 0 amide bonds. The predicted octanol–water partition coefficient (Wildman–Crippen LogP) is 4.22. The van der Waals surface area contributed by atoms with Crippen LogP contribution in [0.2, 0.25) is 0 Å². The predicted molar refractivity (Wildman–Crippen MR) is 116 cm³/mol. The number of carbonyl (C=O) groups excluding carboxylic acids is 1. The van der Waals surface area contributed by atoms with Crippen molar-refractivity contribution in [3.05, 3.63) is 69.6 Å². The molecule has 0 aliphatic heterocycles. The summed E-state index contributed by atoms with van der Waals surface area (Å²) in [5, 5.41) is 0.579. The number of hydrogen-bond acceptors (Lipinski definition) is 3. The van der Waals surface area contributed by atoms with Crippen LogP contribution in [0.5, 0.6) is 0 Å². The summed E-state index contributed by atoms with van der Waals surface area (Å²) < 4.78 is 42.2. The van der Waals surface area contributed by atoms with Crippen LogP contribution in [0.3, 0.4) is 0 Å². The highest BCUT2D eigenvalue weighted by Gasteiger charge is 2.22. The summed E-state index contributed by atoms with van der Waals surface area (Å²) in [4.78, 5) is 13.1. The summed E-state index contributed by atoms with van der Waals surface area (Å²) in [6.45, 7) is 2.44. The van der Waals surface area contributed by atoms with Gasteiger partial charge in [-0.2, -0.15) is 0 Å². The van der Waals surface area contributed by atoms with Crippen molar-refractivity contribution in [2.24, 2.45) is 0 Å². The van der Waals surface area contributed by atoms with Gasteiger partial charge in [-0.05, 0) is 31.0 Å². The van der Waals surface area contributed by atoms with Crippen LogP contribution in [-0.4, -0.2) is 31.6 Å². The van der Waals surface area contributed by atoms with Gasteiger partial charge < -0.3 is 4.57 Å². The minimum Gasteiger partial charge on any atom is -0.342 e. The number of aryl methyl sites for hydroxylation is 1. The van der Waals surface area contributed by atoms with E-state index in [0.29, 0.717) is 35.1 Å². The Bertz CT molecular complexity index is 1170. The van der Waals surface area contributed by atoms with Gasteiger partial charge in [-0.1, -0.05) is 46.3 Å². The van der Waals surface area contributed by atoms with E-state index in [4.69, 9.17) is 0 Å². The number of nitrogens with zero attached hydrogens (tertiary/aromatic N) is 1. The Hall–Kier alpha value is -2.03. The minimum absolute atomic E-state index is 0.0852. The number of fused-ring (bicyclic) bond motifs is 1. The Balaban J connectivity index is 1.95. The number of nitrogens with one attached hydrogen (secondary N) is 1. The SMILES string of the molecule is Cc1c(C(=O)Cc2ccccc2Br)c2cccc(F)c2n1CCCNS(C)(=O)=O. The number of rotatable bonds is 8. The van der Waals surface area contributed by atoms with Crippen molar-refractivity contribution in [3.8, 4) is 0 Å². The summed E-state index contributed by atoms with van der Waals surface area (Å²) in [6.07, 6.45) is 1.78. The van der Waals surface area contributed by atoms with Crippen molar-refractivity contribution in [2.75, 3.05) is 12.8 Å². The van der Waals surface area contributed by atoms with Gasteiger partial charge in [-0.15, -0.1) is 0 Å². The number of hydrogen-bond donors (Lipinski definition) is 1. The first kappa shape index (κ1) is 21.7. The monoisotopic (exact) mass is 480 g/mol. The molecule has 1 aromatic heterocycles. The third-order valence-corrected chi connectivity index (χ3v) is 6.31. The quantitative estimate of drug-likeness (QED) is 0.387. The Morgan fingerprint density at radius 3 is 2.59 bits per heavy atom. The van der Waals surface area contributed by atoms with Crippen LogP contribution in [0.15, 0.2) is 46.9 Å². The van der Waals surface area contributed by atoms with Crippen LogP contribution in [0.25, 0.3) is 10.9 Å². The van der Waals surface area contributed by atoms with Crippen molar-refractivity contribution >= 4 is 42.6 Å². The molecule has 0 saturated heterocycles. The van der Waals surface area contributed by atoms with Gasteiger partial charge >= 0.3 is 0 Å². The topological polar surface area (TPSA) is 68.2 Å². The molecular weight excluding hydrogens is 459 g/mol. The van der Waals surface area contributed by atoms with Gasteiger partial charge in [0.2, 0.25) is 10.0 Å². The minimum atomic E-state index is -3.28. The van der Waals surface area contributed by atoms with Crippen molar-refractivity contribution in [2.45, 2.75) is 26.3 Å². The first-order chi connectivity index (χ1) is 13.7. The zero-order chi connectivity index (χ0) is 21.2. The van der Waals surface area contributed by atoms with Crippen molar-refractivity contribution in [1.29, 1.82) is 0 Å². The third-order valence-electron chi connectivity index (χ3n) is 4.80. The fourth-order valence-corrected chi connectivity index (χ4v) is 4.46. The molecule has 0 aliphatic rings. The van der Waals surface area contributed by atoms with E-state index in [1.54, 1.807) is 23.6 Å². The fraction of sp³-hybridized carbons (Fsp3) is 0.286. The second-order valence-electron chi connectivity index (χ2n) is 6.96. The number of sulfonamides is 1. The highest BCUT2D eigenvalue weighted by atomic mass is 79.9. The molecule has 1 N–H and O–H groups in total. The standard InChI is InChI=1S/C21H22BrFN2O3S/c1-14-20(19(26)13-15-7-3-4-9-17(15)22)16-8-5-10-18(23)21(16)25(14)12-6-11-24-29(2,27)28/h3-5,7-10,24H,6,11-13H2,1-2H3. The molecule has 154 valence electrons. The Morgan fingerprint density at radius 1 is 1.17 bits per heavy atom. The third kappa shape index (κ3) is 4.94. The maximum absolute atomic E-state index is 14.6. The molecule has 0 saturated carbocycles. The summed E-state index contributed by atoms with van der Waals surface area (Å²) >= 11 is 3.47. The highest BCUT2D eigenvalue weighted by Crippen LogP contribution is 2.30. The number of benzene rings is 2. The van der Waals surface area contributed by atoms with Gasteiger partial charge in [-0.25, -0.2) is 17.5 Å². The Labute approximate surface area is 178 Å². The molecule has 0 aliphatic carbocycles.